The van der Waals surface area contributed by atoms with Gasteiger partial charge in [-0.3, -0.25) is 9.80 Å². The van der Waals surface area contributed by atoms with E-state index in [1.165, 1.54) is 5.56 Å². The maximum Gasteiger partial charge on any atom is 0.123 e. The Morgan fingerprint density at radius 1 is 1.25 bits per heavy atom. The SMILES string of the molecule is CCC1CN(C(C#N)c2ccc(C)cc2)CCN1CC. The van der Waals surface area contributed by atoms with E-state index in [-0.39, 0.29) is 6.04 Å². The summed E-state index contributed by atoms with van der Waals surface area (Å²) in [5.74, 6) is 0. The van der Waals surface area contributed by atoms with Crippen molar-refractivity contribution in [2.24, 2.45) is 0 Å². The molecule has 1 heterocycles. The maximum absolute atomic E-state index is 9.58. The van der Waals surface area contributed by atoms with Crippen molar-refractivity contribution in [3.8, 4) is 6.07 Å². The van der Waals surface area contributed by atoms with Crippen LogP contribution in [0.5, 0.6) is 0 Å². The largest absolute Gasteiger partial charge is 0.298 e. The molecule has 3 heteroatoms. The Morgan fingerprint density at radius 2 is 1.95 bits per heavy atom. The zero-order chi connectivity index (χ0) is 14.5. The van der Waals surface area contributed by atoms with Crippen LogP contribution in [-0.2, 0) is 0 Å². The third kappa shape index (κ3) is 3.20. The van der Waals surface area contributed by atoms with Crippen molar-refractivity contribution in [2.45, 2.75) is 39.3 Å². The fourth-order valence-corrected chi connectivity index (χ4v) is 3.07. The number of rotatable bonds is 4. The first kappa shape index (κ1) is 15.0. The van der Waals surface area contributed by atoms with Gasteiger partial charge in [0.25, 0.3) is 0 Å². The van der Waals surface area contributed by atoms with Gasteiger partial charge in [0.1, 0.15) is 6.04 Å². The van der Waals surface area contributed by atoms with Gasteiger partial charge in [-0.15, -0.1) is 0 Å². The Labute approximate surface area is 122 Å². The lowest BCUT2D eigenvalue weighted by atomic mass is 10.0. The van der Waals surface area contributed by atoms with Gasteiger partial charge in [-0.05, 0) is 25.5 Å². The molecule has 0 aromatic heterocycles. The first-order valence-corrected chi connectivity index (χ1v) is 7.63. The van der Waals surface area contributed by atoms with Gasteiger partial charge < -0.3 is 0 Å². The molecule has 2 unspecified atom stereocenters. The zero-order valence-electron chi connectivity index (χ0n) is 12.8. The van der Waals surface area contributed by atoms with E-state index in [1.54, 1.807) is 0 Å². The second kappa shape index (κ2) is 6.88. The van der Waals surface area contributed by atoms with E-state index in [0.29, 0.717) is 6.04 Å². The van der Waals surface area contributed by atoms with E-state index in [0.717, 1.165) is 38.2 Å². The number of likely N-dealkylation sites (N-methyl/N-ethyl adjacent to an activating group) is 1. The van der Waals surface area contributed by atoms with E-state index >= 15 is 0 Å². The highest BCUT2D eigenvalue weighted by molar-refractivity contribution is 5.28. The van der Waals surface area contributed by atoms with Crippen LogP contribution < -0.4 is 0 Å². The number of hydrogen-bond donors (Lipinski definition) is 0. The summed E-state index contributed by atoms with van der Waals surface area (Å²) in [6.45, 7) is 10.7. The summed E-state index contributed by atoms with van der Waals surface area (Å²) < 4.78 is 0. The summed E-state index contributed by atoms with van der Waals surface area (Å²) in [4.78, 5) is 4.87. The molecule has 20 heavy (non-hydrogen) atoms. The number of piperazine rings is 1. The van der Waals surface area contributed by atoms with Crippen molar-refractivity contribution in [1.29, 1.82) is 5.26 Å². The molecule has 1 aliphatic rings. The second-order valence-corrected chi connectivity index (χ2v) is 5.63. The van der Waals surface area contributed by atoms with Gasteiger partial charge in [0.2, 0.25) is 0 Å². The Kier molecular flexibility index (Phi) is 5.17. The van der Waals surface area contributed by atoms with Crippen LogP contribution in [0.3, 0.4) is 0 Å². The van der Waals surface area contributed by atoms with Gasteiger partial charge in [0.15, 0.2) is 0 Å². The predicted octanol–water partition coefficient (Wildman–Crippen LogP) is 2.98. The molecular formula is C17H25N3. The first-order valence-electron chi connectivity index (χ1n) is 7.63. The topological polar surface area (TPSA) is 30.3 Å². The van der Waals surface area contributed by atoms with Crippen molar-refractivity contribution in [1.82, 2.24) is 9.80 Å². The van der Waals surface area contributed by atoms with Crippen LogP contribution in [-0.4, -0.2) is 42.0 Å². The monoisotopic (exact) mass is 271 g/mol. The number of nitrogens with zero attached hydrogens (tertiary/aromatic N) is 3. The first-order chi connectivity index (χ1) is 9.69. The summed E-state index contributed by atoms with van der Waals surface area (Å²) in [5, 5.41) is 9.58. The molecular weight excluding hydrogens is 246 g/mol. The molecule has 2 rings (SSSR count). The van der Waals surface area contributed by atoms with E-state index in [2.05, 4.69) is 60.9 Å². The lowest BCUT2D eigenvalue weighted by Gasteiger charge is -2.42. The van der Waals surface area contributed by atoms with Gasteiger partial charge in [0.05, 0.1) is 6.07 Å². The molecule has 1 aliphatic heterocycles. The molecule has 1 saturated heterocycles. The minimum Gasteiger partial charge on any atom is -0.298 e. The van der Waals surface area contributed by atoms with Crippen molar-refractivity contribution in [3.05, 3.63) is 35.4 Å². The average Bonchev–Trinajstić information content (AvgIpc) is 2.49. The zero-order valence-corrected chi connectivity index (χ0v) is 12.8. The predicted molar refractivity (Wildman–Crippen MR) is 82.4 cm³/mol. The molecule has 2 atom stereocenters. The number of aryl methyl sites for hydroxylation is 1. The Balaban J connectivity index is 2.13. The Morgan fingerprint density at radius 3 is 2.50 bits per heavy atom. The van der Waals surface area contributed by atoms with Crippen molar-refractivity contribution in [3.63, 3.8) is 0 Å². The van der Waals surface area contributed by atoms with Gasteiger partial charge in [-0.1, -0.05) is 43.7 Å². The molecule has 0 amide bonds. The lowest BCUT2D eigenvalue weighted by molar-refractivity contribution is 0.0623. The molecule has 0 spiro atoms. The van der Waals surface area contributed by atoms with E-state index in [9.17, 15) is 5.26 Å². The molecule has 0 saturated carbocycles. The number of hydrogen-bond acceptors (Lipinski definition) is 3. The number of nitriles is 1. The average molecular weight is 271 g/mol. The van der Waals surface area contributed by atoms with Gasteiger partial charge in [0, 0.05) is 25.7 Å². The lowest BCUT2D eigenvalue weighted by Crippen LogP contribution is -2.53. The molecule has 108 valence electrons. The van der Waals surface area contributed by atoms with Gasteiger partial charge in [-0.25, -0.2) is 0 Å². The standard InChI is InChI=1S/C17H25N3/c1-4-16-13-20(11-10-19(16)5-2)17(12-18)15-8-6-14(3)7-9-15/h6-9,16-17H,4-5,10-11,13H2,1-3H3. The smallest absolute Gasteiger partial charge is 0.123 e. The van der Waals surface area contributed by atoms with Crippen LogP contribution in [0.25, 0.3) is 0 Å². The maximum atomic E-state index is 9.58. The highest BCUT2D eigenvalue weighted by Gasteiger charge is 2.29. The molecule has 0 N–H and O–H groups in total. The summed E-state index contributed by atoms with van der Waals surface area (Å²) in [6, 6.07) is 11.3. The van der Waals surface area contributed by atoms with Crippen molar-refractivity contribution in [2.75, 3.05) is 26.2 Å². The van der Waals surface area contributed by atoms with Crippen molar-refractivity contribution < 1.29 is 0 Å². The molecule has 3 nitrogen and oxygen atoms in total. The molecule has 1 fully saturated rings. The Bertz CT molecular complexity index is 460. The van der Waals surface area contributed by atoms with Crippen LogP contribution in [0.15, 0.2) is 24.3 Å². The summed E-state index contributed by atoms with van der Waals surface area (Å²) >= 11 is 0. The summed E-state index contributed by atoms with van der Waals surface area (Å²) in [5.41, 5.74) is 2.37. The third-order valence-corrected chi connectivity index (χ3v) is 4.39. The minimum absolute atomic E-state index is 0.108. The van der Waals surface area contributed by atoms with Crippen molar-refractivity contribution >= 4 is 0 Å². The van der Waals surface area contributed by atoms with Crippen LogP contribution in [0.2, 0.25) is 0 Å². The minimum atomic E-state index is -0.108. The molecule has 1 aromatic carbocycles. The van der Waals surface area contributed by atoms with Crippen LogP contribution in [0.4, 0.5) is 0 Å². The highest BCUT2D eigenvalue weighted by atomic mass is 15.3. The van der Waals surface area contributed by atoms with Gasteiger partial charge in [-0.2, -0.15) is 5.26 Å². The van der Waals surface area contributed by atoms with E-state index in [1.807, 2.05) is 0 Å². The summed E-state index contributed by atoms with van der Waals surface area (Å²) in [7, 11) is 0. The van der Waals surface area contributed by atoms with Gasteiger partial charge >= 0.3 is 0 Å². The molecule has 0 bridgehead atoms. The molecule has 0 radical (unpaired) electrons. The highest BCUT2D eigenvalue weighted by Crippen LogP contribution is 2.24. The van der Waals surface area contributed by atoms with E-state index < -0.39 is 0 Å². The third-order valence-electron chi connectivity index (χ3n) is 4.39. The van der Waals surface area contributed by atoms with Crippen LogP contribution >= 0.6 is 0 Å². The van der Waals surface area contributed by atoms with Crippen LogP contribution in [0, 0.1) is 18.3 Å². The second-order valence-electron chi connectivity index (χ2n) is 5.63. The summed E-state index contributed by atoms with van der Waals surface area (Å²) in [6.07, 6.45) is 1.15. The van der Waals surface area contributed by atoms with Crippen LogP contribution in [0.1, 0.15) is 37.4 Å². The fourth-order valence-electron chi connectivity index (χ4n) is 3.07. The quantitative estimate of drug-likeness (QED) is 0.843. The van der Waals surface area contributed by atoms with E-state index in [4.69, 9.17) is 0 Å². The fraction of sp³-hybridized carbons (Fsp3) is 0.588. The normalized spacial score (nSPS) is 22.4. The molecule has 1 aromatic rings. The number of benzene rings is 1. The Hall–Kier alpha value is -1.37. The molecule has 0 aliphatic carbocycles.